The minimum absolute atomic E-state index is 0.0621. The average molecular weight is 399 g/mol. The molecule has 0 spiro atoms. The Labute approximate surface area is 167 Å². The molecule has 2 aromatic rings. The predicted octanol–water partition coefficient (Wildman–Crippen LogP) is 2.76. The number of thiazole rings is 1. The van der Waals surface area contributed by atoms with Gasteiger partial charge in [0, 0.05) is 24.2 Å². The number of ether oxygens (including phenoxy) is 3. The summed E-state index contributed by atoms with van der Waals surface area (Å²) in [6, 6.07) is 7.51. The van der Waals surface area contributed by atoms with Crippen LogP contribution in [0.1, 0.15) is 16.3 Å². The Bertz CT molecular complexity index is 910. The minimum Gasteiger partial charge on any atom is -0.493 e. The summed E-state index contributed by atoms with van der Waals surface area (Å²) in [5.74, 6) is 0.890. The molecule has 0 aliphatic carbocycles. The van der Waals surface area contributed by atoms with Crippen LogP contribution in [0.4, 0.5) is 0 Å². The molecule has 2 heterocycles. The standard InChI is InChI=1S/C20H21N3O4S/c1-14-13-28-20(22-14)16(11-21)9-15-3-4-17(18(10-15)25-2)27-12-19(24)23-5-7-26-8-6-23/h3-4,9-10,13H,5-8,12H2,1-2H3/b16-9+. The molecule has 1 aliphatic rings. The molecule has 8 heteroatoms. The van der Waals surface area contributed by atoms with Gasteiger partial charge in [-0.3, -0.25) is 4.79 Å². The third-order valence-corrected chi connectivity index (χ3v) is 5.18. The molecule has 1 amide bonds. The van der Waals surface area contributed by atoms with Crippen molar-refractivity contribution in [1.82, 2.24) is 9.88 Å². The summed E-state index contributed by atoms with van der Waals surface area (Å²) in [6.45, 7) is 4.09. The van der Waals surface area contributed by atoms with Crippen molar-refractivity contribution in [2.75, 3.05) is 40.0 Å². The second kappa shape index (κ2) is 9.35. The van der Waals surface area contributed by atoms with Gasteiger partial charge in [0.2, 0.25) is 0 Å². The van der Waals surface area contributed by atoms with Crippen molar-refractivity contribution in [2.45, 2.75) is 6.92 Å². The largest absolute Gasteiger partial charge is 0.493 e. The van der Waals surface area contributed by atoms with E-state index >= 15 is 0 Å². The SMILES string of the molecule is COc1cc(/C=C(\C#N)c2nc(C)cs2)ccc1OCC(=O)N1CCOCC1. The number of carbonyl (C=O) groups excluding carboxylic acids is 1. The number of benzene rings is 1. The minimum atomic E-state index is -0.0831. The van der Waals surface area contributed by atoms with Gasteiger partial charge in [-0.1, -0.05) is 6.07 Å². The first-order valence-electron chi connectivity index (χ1n) is 8.81. The van der Waals surface area contributed by atoms with Crippen LogP contribution in [-0.2, 0) is 9.53 Å². The summed E-state index contributed by atoms with van der Waals surface area (Å²) in [7, 11) is 1.54. The van der Waals surface area contributed by atoms with E-state index in [0.29, 0.717) is 48.4 Å². The van der Waals surface area contributed by atoms with Gasteiger partial charge in [0.15, 0.2) is 18.1 Å². The Morgan fingerprint density at radius 2 is 2.18 bits per heavy atom. The van der Waals surface area contributed by atoms with E-state index in [1.165, 1.54) is 18.4 Å². The third kappa shape index (κ3) is 4.88. The molecular weight excluding hydrogens is 378 g/mol. The molecule has 0 atom stereocenters. The highest BCUT2D eigenvalue weighted by molar-refractivity contribution is 7.11. The molecule has 0 unspecified atom stereocenters. The van der Waals surface area contributed by atoms with Gasteiger partial charge >= 0.3 is 0 Å². The Balaban J connectivity index is 1.72. The second-order valence-electron chi connectivity index (χ2n) is 6.16. The van der Waals surface area contributed by atoms with Gasteiger partial charge in [0.1, 0.15) is 11.1 Å². The molecule has 28 heavy (non-hydrogen) atoms. The topological polar surface area (TPSA) is 84.7 Å². The van der Waals surface area contributed by atoms with E-state index in [2.05, 4.69) is 11.1 Å². The van der Waals surface area contributed by atoms with Gasteiger partial charge in [-0.25, -0.2) is 4.98 Å². The lowest BCUT2D eigenvalue weighted by Crippen LogP contribution is -2.43. The van der Waals surface area contributed by atoms with Gasteiger partial charge in [0.25, 0.3) is 5.91 Å². The summed E-state index contributed by atoms with van der Waals surface area (Å²) in [5, 5.41) is 12.0. The Morgan fingerprint density at radius 3 is 2.82 bits per heavy atom. The number of allylic oxidation sites excluding steroid dienone is 1. The van der Waals surface area contributed by atoms with Crippen molar-refractivity contribution in [3.05, 3.63) is 39.8 Å². The lowest BCUT2D eigenvalue weighted by molar-refractivity contribution is -0.137. The van der Waals surface area contributed by atoms with Crippen LogP contribution in [0.3, 0.4) is 0 Å². The number of amides is 1. The fourth-order valence-electron chi connectivity index (χ4n) is 2.72. The molecule has 0 saturated carbocycles. The maximum absolute atomic E-state index is 12.2. The molecule has 1 fully saturated rings. The van der Waals surface area contributed by atoms with Crippen molar-refractivity contribution in [2.24, 2.45) is 0 Å². The molecule has 1 saturated heterocycles. The van der Waals surface area contributed by atoms with E-state index in [1.54, 1.807) is 23.1 Å². The van der Waals surface area contributed by atoms with Crippen molar-refractivity contribution in [3.63, 3.8) is 0 Å². The number of aryl methyl sites for hydroxylation is 1. The number of carbonyl (C=O) groups is 1. The number of morpholine rings is 1. The van der Waals surface area contributed by atoms with Crippen LogP contribution >= 0.6 is 11.3 Å². The number of aromatic nitrogens is 1. The summed E-state index contributed by atoms with van der Waals surface area (Å²) >= 11 is 1.43. The van der Waals surface area contributed by atoms with E-state index in [1.807, 2.05) is 18.4 Å². The molecular formula is C20H21N3O4S. The third-order valence-electron chi connectivity index (χ3n) is 4.18. The molecule has 0 bridgehead atoms. The number of rotatable bonds is 6. The normalized spacial score (nSPS) is 14.5. The molecule has 0 radical (unpaired) electrons. The number of hydrogen-bond acceptors (Lipinski definition) is 7. The van der Waals surface area contributed by atoms with Crippen LogP contribution in [0.5, 0.6) is 11.5 Å². The Hall–Kier alpha value is -2.89. The molecule has 1 aliphatic heterocycles. The first-order valence-corrected chi connectivity index (χ1v) is 9.69. The predicted molar refractivity (Wildman–Crippen MR) is 106 cm³/mol. The number of nitrogens with zero attached hydrogens (tertiary/aromatic N) is 3. The number of hydrogen-bond donors (Lipinski definition) is 0. The van der Waals surface area contributed by atoms with Gasteiger partial charge in [-0.05, 0) is 30.7 Å². The van der Waals surface area contributed by atoms with Crippen LogP contribution < -0.4 is 9.47 Å². The molecule has 0 N–H and O–H groups in total. The average Bonchev–Trinajstić information content (AvgIpc) is 3.17. The highest BCUT2D eigenvalue weighted by Crippen LogP contribution is 2.30. The van der Waals surface area contributed by atoms with Crippen LogP contribution in [0.15, 0.2) is 23.6 Å². The van der Waals surface area contributed by atoms with Gasteiger partial charge < -0.3 is 19.1 Å². The van der Waals surface area contributed by atoms with E-state index in [-0.39, 0.29) is 12.5 Å². The van der Waals surface area contributed by atoms with E-state index in [9.17, 15) is 10.1 Å². The van der Waals surface area contributed by atoms with Gasteiger partial charge in [-0.15, -0.1) is 11.3 Å². The quantitative estimate of drug-likeness (QED) is 0.695. The second-order valence-corrected chi connectivity index (χ2v) is 7.01. The molecule has 146 valence electrons. The maximum atomic E-state index is 12.2. The molecule has 1 aromatic heterocycles. The molecule has 3 rings (SSSR count). The van der Waals surface area contributed by atoms with E-state index < -0.39 is 0 Å². The van der Waals surface area contributed by atoms with Crippen LogP contribution in [0.25, 0.3) is 11.6 Å². The zero-order valence-corrected chi connectivity index (χ0v) is 16.6. The summed E-state index contributed by atoms with van der Waals surface area (Å²) in [5.41, 5.74) is 2.15. The smallest absolute Gasteiger partial charge is 0.260 e. The highest BCUT2D eigenvalue weighted by Gasteiger charge is 2.18. The van der Waals surface area contributed by atoms with E-state index in [0.717, 1.165) is 11.3 Å². The number of methoxy groups -OCH3 is 1. The first kappa shape index (κ1) is 19.9. The fourth-order valence-corrected chi connectivity index (χ4v) is 3.49. The van der Waals surface area contributed by atoms with Crippen LogP contribution in [0.2, 0.25) is 0 Å². The van der Waals surface area contributed by atoms with Gasteiger partial charge in [0.05, 0.1) is 25.9 Å². The lowest BCUT2D eigenvalue weighted by atomic mass is 10.1. The van der Waals surface area contributed by atoms with Crippen molar-refractivity contribution >= 4 is 28.9 Å². The highest BCUT2D eigenvalue weighted by atomic mass is 32.1. The lowest BCUT2D eigenvalue weighted by Gasteiger charge is -2.26. The van der Waals surface area contributed by atoms with Gasteiger partial charge in [-0.2, -0.15) is 5.26 Å². The van der Waals surface area contributed by atoms with Crippen molar-refractivity contribution in [3.8, 4) is 17.6 Å². The zero-order valence-electron chi connectivity index (χ0n) is 15.8. The molecule has 7 nitrogen and oxygen atoms in total. The maximum Gasteiger partial charge on any atom is 0.260 e. The van der Waals surface area contributed by atoms with Crippen LogP contribution in [-0.4, -0.2) is 55.8 Å². The van der Waals surface area contributed by atoms with Crippen molar-refractivity contribution < 1.29 is 19.0 Å². The van der Waals surface area contributed by atoms with Crippen molar-refractivity contribution in [1.29, 1.82) is 5.26 Å². The first-order chi connectivity index (χ1) is 13.6. The zero-order chi connectivity index (χ0) is 19.9. The van der Waals surface area contributed by atoms with E-state index in [4.69, 9.17) is 14.2 Å². The summed E-state index contributed by atoms with van der Waals surface area (Å²) < 4.78 is 16.3. The summed E-state index contributed by atoms with van der Waals surface area (Å²) in [6.07, 6.45) is 1.75. The fraction of sp³-hybridized carbons (Fsp3) is 0.350. The molecule has 1 aromatic carbocycles. The van der Waals surface area contributed by atoms with Crippen LogP contribution in [0, 0.1) is 18.3 Å². The number of nitriles is 1. The Kier molecular flexibility index (Phi) is 6.63. The Morgan fingerprint density at radius 1 is 1.39 bits per heavy atom. The summed E-state index contributed by atoms with van der Waals surface area (Å²) in [4.78, 5) is 18.3. The monoisotopic (exact) mass is 399 g/mol.